The fourth-order valence-corrected chi connectivity index (χ4v) is 2.33. The largest absolute Gasteiger partial charge is 0.490 e. The third-order valence-corrected chi connectivity index (χ3v) is 3.85. The first-order chi connectivity index (χ1) is 12.2. The smallest absolute Gasteiger partial charge is 0.407 e. The number of nitrogens with zero attached hydrogens (tertiary/aromatic N) is 2. The molecular formula is C17H22N4O4. The molecule has 134 valence electrons. The van der Waals surface area contributed by atoms with Gasteiger partial charge < -0.3 is 24.6 Å². The van der Waals surface area contributed by atoms with Crippen LogP contribution in [0.3, 0.4) is 0 Å². The van der Waals surface area contributed by atoms with Crippen molar-refractivity contribution in [3.05, 3.63) is 30.2 Å². The molecule has 3 rings (SSSR count). The van der Waals surface area contributed by atoms with E-state index in [0.717, 1.165) is 18.5 Å². The lowest BCUT2D eigenvalue weighted by Gasteiger charge is -2.27. The van der Waals surface area contributed by atoms with Gasteiger partial charge in [-0.05, 0) is 26.0 Å². The van der Waals surface area contributed by atoms with Crippen molar-refractivity contribution >= 4 is 6.09 Å². The van der Waals surface area contributed by atoms with Crippen LogP contribution in [0.25, 0.3) is 11.3 Å². The van der Waals surface area contributed by atoms with Crippen LogP contribution in [0.1, 0.15) is 19.0 Å². The number of carbonyl (C=O) groups excluding carboxylic acids is 1. The van der Waals surface area contributed by atoms with Crippen molar-refractivity contribution in [3.63, 3.8) is 0 Å². The van der Waals surface area contributed by atoms with E-state index < -0.39 is 6.09 Å². The van der Waals surface area contributed by atoms with Gasteiger partial charge in [-0.25, -0.2) is 4.79 Å². The fourth-order valence-electron chi connectivity index (χ4n) is 2.33. The van der Waals surface area contributed by atoms with Gasteiger partial charge in [-0.1, -0.05) is 5.16 Å². The molecule has 0 bridgehead atoms. The summed E-state index contributed by atoms with van der Waals surface area (Å²) in [6.07, 6.45) is 4.57. The average Bonchev–Trinajstić information content (AvgIpc) is 3.03. The van der Waals surface area contributed by atoms with Crippen LogP contribution in [0, 0.1) is 0 Å². The zero-order chi connectivity index (χ0) is 17.5. The van der Waals surface area contributed by atoms with E-state index in [4.69, 9.17) is 14.0 Å². The Hall–Kier alpha value is -2.61. The molecule has 0 unspecified atom stereocenters. The topological polar surface area (TPSA) is 98.5 Å². The molecule has 1 aliphatic rings. The first-order valence-corrected chi connectivity index (χ1v) is 8.42. The first kappa shape index (κ1) is 17.2. The number of amides is 1. The predicted octanol–water partition coefficient (Wildman–Crippen LogP) is 1.77. The molecule has 3 heterocycles. The summed E-state index contributed by atoms with van der Waals surface area (Å²) in [5, 5.41) is 9.85. The minimum absolute atomic E-state index is 0.244. The molecule has 2 aromatic heterocycles. The standard InChI is InChI=1S/C17H22N4O4/c1-2-19-17(22)23-6-4-13-8-16(25-21-13)12-7-15(10-18-9-12)24-11-14-3-5-20-14/h7-10,14,20H,2-6,11H2,1H3,(H,19,22)/t14-/m0/s1. The van der Waals surface area contributed by atoms with Crippen molar-refractivity contribution in [3.8, 4) is 17.1 Å². The van der Waals surface area contributed by atoms with E-state index in [1.54, 1.807) is 12.4 Å². The van der Waals surface area contributed by atoms with Crippen molar-refractivity contribution in [2.24, 2.45) is 0 Å². The predicted molar refractivity (Wildman–Crippen MR) is 90.4 cm³/mol. The highest BCUT2D eigenvalue weighted by Crippen LogP contribution is 2.24. The third-order valence-electron chi connectivity index (χ3n) is 3.85. The quantitative estimate of drug-likeness (QED) is 0.751. The second kappa shape index (κ2) is 8.48. The maximum absolute atomic E-state index is 11.2. The Kier molecular flexibility index (Phi) is 5.84. The number of carbonyl (C=O) groups is 1. The SMILES string of the molecule is CCNC(=O)OCCc1cc(-c2cncc(OC[C@@H]3CCN3)c2)on1. The summed E-state index contributed by atoms with van der Waals surface area (Å²) in [4.78, 5) is 15.4. The maximum atomic E-state index is 11.2. The second-order valence-corrected chi connectivity index (χ2v) is 5.76. The summed E-state index contributed by atoms with van der Waals surface area (Å²) in [7, 11) is 0. The summed E-state index contributed by atoms with van der Waals surface area (Å²) in [6, 6.07) is 4.11. The Morgan fingerprint density at radius 1 is 1.44 bits per heavy atom. The van der Waals surface area contributed by atoms with Crippen LogP contribution in [0.2, 0.25) is 0 Å². The third kappa shape index (κ3) is 4.93. The van der Waals surface area contributed by atoms with Crippen LogP contribution in [-0.2, 0) is 11.2 Å². The van der Waals surface area contributed by atoms with Crippen molar-refractivity contribution in [2.45, 2.75) is 25.8 Å². The highest BCUT2D eigenvalue weighted by molar-refractivity contribution is 5.67. The molecule has 0 saturated carbocycles. The number of rotatable bonds is 8. The van der Waals surface area contributed by atoms with Crippen molar-refractivity contribution in [1.29, 1.82) is 0 Å². The van der Waals surface area contributed by atoms with Gasteiger partial charge in [0.1, 0.15) is 12.4 Å². The van der Waals surface area contributed by atoms with Gasteiger partial charge in [0.25, 0.3) is 0 Å². The summed E-state index contributed by atoms with van der Waals surface area (Å²) in [6.45, 7) is 4.30. The van der Waals surface area contributed by atoms with E-state index in [1.165, 1.54) is 0 Å². The summed E-state index contributed by atoms with van der Waals surface area (Å²) >= 11 is 0. The second-order valence-electron chi connectivity index (χ2n) is 5.76. The molecule has 25 heavy (non-hydrogen) atoms. The molecule has 0 aromatic carbocycles. The zero-order valence-electron chi connectivity index (χ0n) is 14.2. The lowest BCUT2D eigenvalue weighted by atomic mass is 10.1. The molecule has 2 N–H and O–H groups in total. The van der Waals surface area contributed by atoms with E-state index in [9.17, 15) is 4.79 Å². The number of pyridine rings is 1. The van der Waals surface area contributed by atoms with Crippen LogP contribution in [0.5, 0.6) is 5.75 Å². The lowest BCUT2D eigenvalue weighted by molar-refractivity contribution is 0.147. The van der Waals surface area contributed by atoms with Crippen LogP contribution in [0.15, 0.2) is 29.0 Å². The first-order valence-electron chi connectivity index (χ1n) is 8.42. The van der Waals surface area contributed by atoms with E-state index in [0.29, 0.717) is 42.8 Å². The maximum Gasteiger partial charge on any atom is 0.407 e. The van der Waals surface area contributed by atoms with Gasteiger partial charge in [-0.2, -0.15) is 0 Å². The molecule has 0 aliphatic carbocycles. The Balaban J connectivity index is 1.53. The van der Waals surface area contributed by atoms with Gasteiger partial charge >= 0.3 is 6.09 Å². The molecule has 2 aromatic rings. The van der Waals surface area contributed by atoms with Crippen molar-refractivity contribution in [1.82, 2.24) is 20.8 Å². The van der Waals surface area contributed by atoms with Crippen molar-refractivity contribution in [2.75, 3.05) is 26.3 Å². The van der Waals surface area contributed by atoms with Crippen LogP contribution < -0.4 is 15.4 Å². The van der Waals surface area contributed by atoms with Gasteiger partial charge in [0.15, 0.2) is 5.76 Å². The van der Waals surface area contributed by atoms with Gasteiger partial charge in [0.2, 0.25) is 0 Å². The Morgan fingerprint density at radius 2 is 2.32 bits per heavy atom. The van der Waals surface area contributed by atoms with Crippen LogP contribution in [0.4, 0.5) is 4.79 Å². The highest BCUT2D eigenvalue weighted by atomic mass is 16.5. The summed E-state index contributed by atoms with van der Waals surface area (Å²) in [5.41, 5.74) is 1.51. The van der Waals surface area contributed by atoms with E-state index in [-0.39, 0.29) is 6.61 Å². The molecule has 1 atom stereocenters. The van der Waals surface area contributed by atoms with Crippen molar-refractivity contribution < 1.29 is 18.8 Å². The van der Waals surface area contributed by atoms with Crippen LogP contribution >= 0.6 is 0 Å². The Morgan fingerprint density at radius 3 is 3.08 bits per heavy atom. The molecule has 8 heteroatoms. The minimum Gasteiger partial charge on any atom is -0.490 e. The van der Waals surface area contributed by atoms with Gasteiger partial charge in [-0.15, -0.1) is 0 Å². The number of aromatic nitrogens is 2. The number of hydrogen-bond acceptors (Lipinski definition) is 7. The monoisotopic (exact) mass is 346 g/mol. The molecule has 1 fully saturated rings. The molecule has 0 radical (unpaired) electrons. The van der Waals surface area contributed by atoms with Crippen LogP contribution in [-0.4, -0.2) is 48.6 Å². The fraction of sp³-hybridized carbons (Fsp3) is 0.471. The van der Waals surface area contributed by atoms with Gasteiger partial charge in [0, 0.05) is 36.8 Å². The number of alkyl carbamates (subject to hydrolysis) is 1. The number of hydrogen-bond donors (Lipinski definition) is 2. The number of nitrogens with one attached hydrogen (secondary N) is 2. The molecule has 8 nitrogen and oxygen atoms in total. The summed E-state index contributed by atoms with van der Waals surface area (Å²) < 4.78 is 16.1. The molecule has 1 saturated heterocycles. The lowest BCUT2D eigenvalue weighted by Crippen LogP contribution is -2.46. The van der Waals surface area contributed by atoms with Gasteiger partial charge in [0.05, 0.1) is 18.5 Å². The Labute approximate surface area is 145 Å². The molecule has 1 amide bonds. The Bertz CT molecular complexity index is 699. The van der Waals surface area contributed by atoms with E-state index >= 15 is 0 Å². The normalized spacial score (nSPS) is 16.1. The van der Waals surface area contributed by atoms with E-state index in [2.05, 4.69) is 20.8 Å². The van der Waals surface area contributed by atoms with E-state index in [1.807, 2.05) is 19.1 Å². The molecule has 0 spiro atoms. The molecular weight excluding hydrogens is 324 g/mol. The highest BCUT2D eigenvalue weighted by Gasteiger charge is 2.17. The number of ether oxygens (including phenoxy) is 2. The molecule has 1 aliphatic heterocycles. The average molecular weight is 346 g/mol. The minimum atomic E-state index is -0.429. The summed E-state index contributed by atoms with van der Waals surface area (Å²) in [5.74, 6) is 1.30. The van der Waals surface area contributed by atoms with Gasteiger partial charge in [-0.3, -0.25) is 4.98 Å². The zero-order valence-corrected chi connectivity index (χ0v) is 14.2.